The van der Waals surface area contributed by atoms with Crippen LogP contribution >= 0.6 is 0 Å². The van der Waals surface area contributed by atoms with Gasteiger partial charge in [-0.1, -0.05) is 145 Å². The van der Waals surface area contributed by atoms with E-state index in [9.17, 15) is 14.7 Å². The molecule has 0 radical (unpaired) electrons. The summed E-state index contributed by atoms with van der Waals surface area (Å²) in [4.78, 5) is 27.1. The van der Waals surface area contributed by atoms with E-state index in [0.29, 0.717) is 18.1 Å². The number of nitrogens with one attached hydrogen (secondary N) is 1. The van der Waals surface area contributed by atoms with Gasteiger partial charge in [-0.25, -0.2) is 4.79 Å². The van der Waals surface area contributed by atoms with Gasteiger partial charge in [0.15, 0.2) is 6.23 Å². The molecule has 10 nitrogen and oxygen atoms in total. The molecule has 1 aliphatic heterocycles. The summed E-state index contributed by atoms with van der Waals surface area (Å²) in [7, 11) is 3.26. The van der Waals surface area contributed by atoms with Crippen molar-refractivity contribution in [3.05, 3.63) is 129 Å². The molecule has 1 aliphatic rings. The quantitative estimate of drug-likeness (QED) is 0.0508. The van der Waals surface area contributed by atoms with Crippen LogP contribution in [0.4, 0.5) is 0 Å². The first-order valence-electron chi connectivity index (χ1n) is 20.7. The van der Waals surface area contributed by atoms with Crippen molar-refractivity contribution in [2.45, 2.75) is 127 Å². The summed E-state index contributed by atoms with van der Waals surface area (Å²) in [5.74, 6) is 1.41. The normalized spacial score (nSPS) is 18.3. The number of aliphatic hydroxyl groups excluding tert-OH is 1. The monoisotopic (exact) mass is 770 g/mol. The number of nitrogens with zero attached hydrogens (tertiary/aromatic N) is 1. The number of methoxy groups -OCH3 is 2. The van der Waals surface area contributed by atoms with Crippen molar-refractivity contribution >= 4 is 0 Å². The molecule has 1 saturated heterocycles. The van der Waals surface area contributed by atoms with Gasteiger partial charge < -0.3 is 28.8 Å². The second-order valence-corrected chi connectivity index (χ2v) is 14.8. The van der Waals surface area contributed by atoms with E-state index in [4.69, 9.17) is 23.7 Å². The highest BCUT2D eigenvalue weighted by Crippen LogP contribution is 2.43. The minimum atomic E-state index is -1.20. The fourth-order valence-electron chi connectivity index (χ4n) is 7.71. The Morgan fingerprint density at radius 1 is 0.679 bits per heavy atom. The minimum absolute atomic E-state index is 0.00201. The van der Waals surface area contributed by atoms with Crippen molar-refractivity contribution in [2.75, 3.05) is 27.4 Å². The number of rotatable bonds is 25. The highest BCUT2D eigenvalue weighted by Gasteiger charge is 2.48. The summed E-state index contributed by atoms with van der Waals surface area (Å²) in [5.41, 5.74) is 0.241. The van der Waals surface area contributed by atoms with Crippen molar-refractivity contribution < 1.29 is 28.8 Å². The predicted molar refractivity (Wildman–Crippen MR) is 220 cm³/mol. The molecule has 3 aromatic carbocycles. The maximum Gasteiger partial charge on any atom is 0.330 e. The molecule has 2 heterocycles. The van der Waals surface area contributed by atoms with E-state index in [1.807, 2.05) is 78.9 Å². The van der Waals surface area contributed by atoms with Gasteiger partial charge in [0, 0.05) is 18.9 Å². The van der Waals surface area contributed by atoms with Crippen molar-refractivity contribution in [1.29, 1.82) is 0 Å². The van der Waals surface area contributed by atoms with Gasteiger partial charge in [-0.3, -0.25) is 14.3 Å². The molecule has 5 rings (SSSR count). The van der Waals surface area contributed by atoms with Gasteiger partial charge in [0.1, 0.15) is 35.4 Å². The highest BCUT2D eigenvalue weighted by molar-refractivity contribution is 5.49. The Morgan fingerprint density at radius 3 is 1.68 bits per heavy atom. The van der Waals surface area contributed by atoms with Crippen LogP contribution in [0.25, 0.3) is 0 Å². The fourth-order valence-corrected chi connectivity index (χ4v) is 7.71. The third kappa shape index (κ3) is 11.4. The molecule has 4 atom stereocenters. The van der Waals surface area contributed by atoms with Crippen LogP contribution < -0.4 is 20.7 Å². The first-order chi connectivity index (χ1) is 27.4. The number of aromatic amines is 1. The Bertz CT molecular complexity index is 1760. The molecule has 0 aliphatic carbocycles. The Kier molecular flexibility index (Phi) is 17.2. The Labute approximate surface area is 332 Å². The summed E-state index contributed by atoms with van der Waals surface area (Å²) < 4.78 is 32.2. The van der Waals surface area contributed by atoms with Crippen LogP contribution in [0, 0.1) is 0 Å². The third-order valence-corrected chi connectivity index (χ3v) is 10.9. The van der Waals surface area contributed by atoms with E-state index in [1.165, 1.54) is 87.5 Å². The molecule has 304 valence electrons. The molecule has 0 bridgehead atoms. The molecule has 1 aromatic heterocycles. The zero-order chi connectivity index (χ0) is 39.6. The van der Waals surface area contributed by atoms with Crippen molar-refractivity contribution in [1.82, 2.24) is 9.55 Å². The largest absolute Gasteiger partial charge is 0.497 e. The van der Waals surface area contributed by atoms with Gasteiger partial charge in [0.05, 0.1) is 20.8 Å². The number of aliphatic hydroxyl groups is 1. The predicted octanol–water partition coefficient (Wildman–Crippen LogP) is 8.69. The van der Waals surface area contributed by atoms with E-state index in [1.54, 1.807) is 14.2 Å². The lowest BCUT2D eigenvalue weighted by molar-refractivity contribution is -0.104. The van der Waals surface area contributed by atoms with Gasteiger partial charge >= 0.3 is 5.69 Å². The van der Waals surface area contributed by atoms with Crippen LogP contribution in [-0.4, -0.2) is 60.4 Å². The Morgan fingerprint density at radius 2 is 1.18 bits per heavy atom. The maximum atomic E-state index is 12.9. The number of ether oxygens (including phenoxy) is 5. The number of unbranched alkanes of at least 4 members (excludes halogenated alkanes) is 13. The summed E-state index contributed by atoms with van der Waals surface area (Å²) in [5, 5.41) is 11.7. The summed E-state index contributed by atoms with van der Waals surface area (Å²) >= 11 is 0. The molecule has 1 fully saturated rings. The summed E-state index contributed by atoms with van der Waals surface area (Å²) in [6, 6.07) is 26.7. The fraction of sp³-hybridized carbons (Fsp3) is 0.522. The first-order valence-corrected chi connectivity index (χ1v) is 20.7. The summed E-state index contributed by atoms with van der Waals surface area (Å²) in [6.07, 6.45) is 15.0. The third-order valence-electron chi connectivity index (χ3n) is 10.9. The van der Waals surface area contributed by atoms with Crippen LogP contribution in [0.5, 0.6) is 11.5 Å². The zero-order valence-electron chi connectivity index (χ0n) is 33.5. The molecule has 0 amide bonds. The average molecular weight is 771 g/mol. The number of aromatic nitrogens is 2. The Balaban J connectivity index is 1.29. The molecule has 4 unspecified atom stereocenters. The molecular weight excluding hydrogens is 709 g/mol. The summed E-state index contributed by atoms with van der Waals surface area (Å²) in [6.45, 7) is 2.69. The van der Waals surface area contributed by atoms with Gasteiger partial charge in [-0.2, -0.15) is 0 Å². The molecule has 2 N–H and O–H groups in total. The maximum absolute atomic E-state index is 12.9. The second-order valence-electron chi connectivity index (χ2n) is 14.8. The van der Waals surface area contributed by atoms with Gasteiger partial charge in [-0.05, 0) is 47.4 Å². The van der Waals surface area contributed by atoms with Crippen LogP contribution in [0.2, 0.25) is 0 Å². The number of hydrogen-bond acceptors (Lipinski definition) is 8. The molecule has 4 aromatic rings. The highest BCUT2D eigenvalue weighted by atomic mass is 16.6. The minimum Gasteiger partial charge on any atom is -0.497 e. The van der Waals surface area contributed by atoms with E-state index >= 15 is 0 Å². The molecule has 0 spiro atoms. The van der Waals surface area contributed by atoms with Crippen molar-refractivity contribution in [2.24, 2.45) is 0 Å². The zero-order valence-corrected chi connectivity index (χ0v) is 33.5. The average Bonchev–Trinajstić information content (AvgIpc) is 3.54. The Hall–Kier alpha value is -4.22. The van der Waals surface area contributed by atoms with Crippen molar-refractivity contribution in [3.8, 4) is 11.5 Å². The molecule has 10 heteroatoms. The first kappa shape index (κ1) is 42.9. The van der Waals surface area contributed by atoms with Crippen LogP contribution in [0.15, 0.2) is 101 Å². The van der Waals surface area contributed by atoms with Crippen molar-refractivity contribution in [3.63, 3.8) is 0 Å². The van der Waals surface area contributed by atoms with Crippen LogP contribution in [-0.2, 0) is 19.8 Å². The van der Waals surface area contributed by atoms with Gasteiger partial charge in [0.25, 0.3) is 5.56 Å². The van der Waals surface area contributed by atoms with E-state index in [-0.39, 0.29) is 6.61 Å². The lowest BCUT2D eigenvalue weighted by atomic mass is 9.80. The number of benzene rings is 3. The second kappa shape index (κ2) is 22.5. The van der Waals surface area contributed by atoms with E-state index in [2.05, 4.69) is 11.9 Å². The lowest BCUT2D eigenvalue weighted by Gasteiger charge is -2.37. The topological polar surface area (TPSA) is 121 Å². The van der Waals surface area contributed by atoms with Gasteiger partial charge in [-0.15, -0.1) is 0 Å². The smallest absolute Gasteiger partial charge is 0.330 e. The standard InChI is InChI=1S/C46H62N2O8/c1-4-5-6-7-8-9-10-11-12-13-14-15-16-20-33-54-43-40(56-44(42(43)50)48-32-31-41(49)47-45(48)51)34-55-46(35-21-18-17-19-22-35,36-23-27-38(52-2)28-24-36)37-25-29-39(53-3)30-26-37/h17-19,21-32,40,42-44,50H,4-16,20,33-34H2,1-3H3,(H,47,49,51). The number of hydrogen-bond donors (Lipinski definition) is 2. The molecule has 0 saturated carbocycles. The van der Waals surface area contributed by atoms with Crippen LogP contribution in [0.3, 0.4) is 0 Å². The molecule has 56 heavy (non-hydrogen) atoms. The van der Waals surface area contributed by atoms with Gasteiger partial charge in [0.2, 0.25) is 0 Å². The molecular formula is C46H62N2O8. The number of H-pyrrole nitrogens is 1. The van der Waals surface area contributed by atoms with E-state index < -0.39 is 41.4 Å². The SMILES string of the molecule is CCCCCCCCCCCCCCCCOC1C(COC(c2ccccc2)(c2ccc(OC)cc2)c2ccc(OC)cc2)OC(n2ccc(=O)[nH]c2=O)C1O. The lowest BCUT2D eigenvalue weighted by Crippen LogP contribution is -2.41. The van der Waals surface area contributed by atoms with Crippen LogP contribution in [0.1, 0.15) is 120 Å². The van der Waals surface area contributed by atoms with E-state index in [0.717, 1.165) is 36.0 Å².